The lowest BCUT2D eigenvalue weighted by Gasteiger charge is -2.26. The van der Waals surface area contributed by atoms with Crippen LogP contribution in [0.25, 0.3) is 0 Å². The average molecular weight is 260 g/mol. The van der Waals surface area contributed by atoms with Crippen molar-refractivity contribution in [3.05, 3.63) is 72.6 Å². The fourth-order valence-corrected chi connectivity index (χ4v) is 2.95. The minimum absolute atomic E-state index is 1.08. The zero-order chi connectivity index (χ0) is 13.1. The second kappa shape index (κ2) is 3.36. The minimum atomic E-state index is 1.08. The maximum atomic E-state index is 3.45. The summed E-state index contributed by atoms with van der Waals surface area (Å²) in [6.07, 6.45) is 4.27. The van der Waals surface area contributed by atoms with Crippen LogP contribution >= 0.6 is 0 Å². The summed E-state index contributed by atoms with van der Waals surface area (Å²) in [6.45, 7) is 0. The molecule has 20 heavy (non-hydrogen) atoms. The van der Waals surface area contributed by atoms with Crippen molar-refractivity contribution in [1.29, 1.82) is 0 Å². The van der Waals surface area contributed by atoms with Gasteiger partial charge in [-0.05, 0) is 24.3 Å². The molecule has 0 fully saturated rings. The Morgan fingerprint density at radius 2 is 1.05 bits per heavy atom. The van der Waals surface area contributed by atoms with Gasteiger partial charge in [0.15, 0.2) is 0 Å². The molecule has 0 unspecified atom stereocenters. The molecule has 0 radical (unpaired) electrons. The first kappa shape index (κ1) is 9.97. The number of nitrogens with zero attached hydrogens (tertiary/aromatic N) is 2. The van der Waals surface area contributed by atoms with Crippen molar-refractivity contribution in [1.82, 2.24) is 0 Å². The predicted molar refractivity (Wildman–Crippen MR) is 81.3 cm³/mol. The van der Waals surface area contributed by atoms with E-state index < -0.39 is 0 Å². The summed E-state index contributed by atoms with van der Waals surface area (Å²) in [4.78, 5) is 4.36. The lowest BCUT2D eigenvalue weighted by molar-refractivity contribution is 1.07. The van der Waals surface area contributed by atoms with Crippen molar-refractivity contribution in [3.8, 4) is 0 Å². The minimum Gasteiger partial charge on any atom is -0.338 e. The molecule has 0 bridgehead atoms. The summed E-state index contributed by atoms with van der Waals surface area (Å²) in [5.41, 5.74) is 4.66. The number of hydrogen-bond donors (Lipinski definition) is 2. The van der Waals surface area contributed by atoms with Crippen molar-refractivity contribution >= 4 is 22.7 Å². The largest absolute Gasteiger partial charge is 0.338 e. The van der Waals surface area contributed by atoms with Crippen LogP contribution in [0.3, 0.4) is 0 Å². The van der Waals surface area contributed by atoms with E-state index in [0.29, 0.717) is 0 Å². The van der Waals surface area contributed by atoms with Gasteiger partial charge in [-0.25, -0.2) is 0 Å². The normalized spacial score (nSPS) is 17.2. The number of para-hydroxylation sites is 4. The molecule has 4 nitrogen and oxygen atoms in total. The van der Waals surface area contributed by atoms with Crippen molar-refractivity contribution in [2.45, 2.75) is 0 Å². The van der Waals surface area contributed by atoms with Gasteiger partial charge >= 0.3 is 0 Å². The molecular weight excluding hydrogens is 248 g/mol. The van der Waals surface area contributed by atoms with Crippen LogP contribution < -0.4 is 20.4 Å². The Kier molecular flexibility index (Phi) is 1.68. The number of nitrogens with one attached hydrogen (secondary N) is 2. The van der Waals surface area contributed by atoms with Gasteiger partial charge < -0.3 is 10.6 Å². The molecular formula is C16H12N4. The van der Waals surface area contributed by atoms with E-state index in [1.165, 1.54) is 11.4 Å². The maximum absolute atomic E-state index is 3.45. The van der Waals surface area contributed by atoms with Crippen LogP contribution in [0.2, 0.25) is 0 Å². The average Bonchev–Trinajstić information content (AvgIpc) is 3.02. The van der Waals surface area contributed by atoms with E-state index in [0.717, 1.165) is 23.0 Å². The predicted octanol–water partition coefficient (Wildman–Crippen LogP) is 3.46. The topological polar surface area (TPSA) is 30.5 Å². The fourth-order valence-electron chi connectivity index (χ4n) is 2.95. The molecule has 3 heterocycles. The lowest BCUT2D eigenvalue weighted by Crippen LogP contribution is -2.28. The van der Waals surface area contributed by atoms with Gasteiger partial charge in [0, 0.05) is 0 Å². The molecule has 0 spiro atoms. The van der Waals surface area contributed by atoms with Gasteiger partial charge in [-0.15, -0.1) is 0 Å². The number of rotatable bonds is 0. The summed E-state index contributed by atoms with van der Waals surface area (Å²) in [6, 6.07) is 16.7. The monoisotopic (exact) mass is 260 g/mol. The molecule has 0 aliphatic carbocycles. The number of hydrogen-bond acceptors (Lipinski definition) is 4. The van der Waals surface area contributed by atoms with Crippen molar-refractivity contribution < 1.29 is 0 Å². The molecule has 0 aromatic heterocycles. The van der Waals surface area contributed by atoms with Crippen LogP contribution in [0.15, 0.2) is 72.6 Å². The highest BCUT2D eigenvalue weighted by Crippen LogP contribution is 2.43. The smallest absolute Gasteiger partial charge is 0.132 e. The Morgan fingerprint density at radius 3 is 1.55 bits per heavy atom. The van der Waals surface area contributed by atoms with E-state index in [4.69, 9.17) is 0 Å². The molecule has 96 valence electrons. The summed E-state index contributed by atoms with van der Waals surface area (Å²) in [7, 11) is 0. The maximum Gasteiger partial charge on any atom is 0.132 e. The molecule has 2 N–H and O–H groups in total. The van der Waals surface area contributed by atoms with E-state index >= 15 is 0 Å². The van der Waals surface area contributed by atoms with Crippen LogP contribution in [0.1, 0.15) is 0 Å². The van der Waals surface area contributed by atoms with Crippen LogP contribution in [-0.2, 0) is 0 Å². The van der Waals surface area contributed by atoms with Crippen molar-refractivity contribution in [2.24, 2.45) is 0 Å². The second-order valence-electron chi connectivity index (χ2n) is 5.05. The highest BCUT2D eigenvalue weighted by molar-refractivity contribution is 5.88. The van der Waals surface area contributed by atoms with Gasteiger partial charge in [-0.2, -0.15) is 0 Å². The zero-order valence-corrected chi connectivity index (χ0v) is 10.7. The number of anilines is 4. The molecule has 5 rings (SSSR count). The highest BCUT2D eigenvalue weighted by atomic mass is 15.4. The van der Waals surface area contributed by atoms with Gasteiger partial charge in [0.05, 0.1) is 35.1 Å². The molecule has 3 aliphatic rings. The first-order chi connectivity index (χ1) is 9.90. The summed E-state index contributed by atoms with van der Waals surface area (Å²) >= 11 is 0. The molecule has 0 amide bonds. The van der Waals surface area contributed by atoms with Gasteiger partial charge in [0.2, 0.25) is 0 Å². The quantitative estimate of drug-likeness (QED) is 0.759. The number of fused-ring (bicyclic) bond motifs is 6. The van der Waals surface area contributed by atoms with Gasteiger partial charge in [0.1, 0.15) is 11.6 Å². The summed E-state index contributed by atoms with van der Waals surface area (Å²) < 4.78 is 0. The Labute approximate surface area is 116 Å². The van der Waals surface area contributed by atoms with Crippen LogP contribution in [-0.4, -0.2) is 0 Å². The van der Waals surface area contributed by atoms with Gasteiger partial charge in [-0.1, -0.05) is 24.3 Å². The van der Waals surface area contributed by atoms with Crippen LogP contribution in [0.4, 0.5) is 22.7 Å². The summed E-state index contributed by atoms with van der Waals surface area (Å²) in [5.74, 6) is 2.15. The third-order valence-corrected chi connectivity index (χ3v) is 3.87. The van der Waals surface area contributed by atoms with E-state index in [1.807, 2.05) is 12.1 Å². The van der Waals surface area contributed by atoms with E-state index in [1.54, 1.807) is 0 Å². The first-order valence-electron chi connectivity index (χ1n) is 6.64. The van der Waals surface area contributed by atoms with Crippen LogP contribution in [0.5, 0.6) is 0 Å². The Bertz CT molecular complexity index is 723. The third-order valence-electron chi connectivity index (χ3n) is 3.87. The molecule has 4 heteroatoms. The standard InChI is InChI=1S/C16H12N4/c1-3-7-13-11(5-1)17-15-9-20-14-8-4-2-6-12(14)18-16(20)10-19(13)15/h1-10,17-18H. The van der Waals surface area contributed by atoms with E-state index in [9.17, 15) is 0 Å². The molecule has 0 saturated heterocycles. The van der Waals surface area contributed by atoms with E-state index in [2.05, 4.69) is 69.2 Å². The van der Waals surface area contributed by atoms with Gasteiger partial charge in [-0.3, -0.25) is 9.80 Å². The van der Waals surface area contributed by atoms with Crippen molar-refractivity contribution in [2.75, 3.05) is 20.4 Å². The highest BCUT2D eigenvalue weighted by Gasteiger charge is 2.32. The first-order valence-corrected chi connectivity index (χ1v) is 6.64. The zero-order valence-electron chi connectivity index (χ0n) is 10.7. The van der Waals surface area contributed by atoms with Crippen LogP contribution in [0, 0.1) is 0 Å². The molecule has 0 saturated carbocycles. The van der Waals surface area contributed by atoms with E-state index in [-0.39, 0.29) is 0 Å². The molecule has 0 atom stereocenters. The Balaban J connectivity index is 1.66. The second-order valence-corrected chi connectivity index (χ2v) is 5.05. The third kappa shape index (κ3) is 1.15. The van der Waals surface area contributed by atoms with Crippen molar-refractivity contribution in [3.63, 3.8) is 0 Å². The lowest BCUT2D eigenvalue weighted by atomic mass is 10.2. The number of benzene rings is 2. The SMILES string of the molecule is C1=C2Nc3ccccc3N2C=C2Nc3ccccc3N12. The van der Waals surface area contributed by atoms with Gasteiger partial charge in [0.25, 0.3) is 0 Å². The Morgan fingerprint density at radius 1 is 0.600 bits per heavy atom. The molecule has 2 aromatic rings. The summed E-state index contributed by atoms with van der Waals surface area (Å²) in [5, 5.41) is 6.91. The fraction of sp³-hybridized carbons (Fsp3) is 0. The molecule has 2 aromatic carbocycles. The molecule has 3 aliphatic heterocycles. The Hall–Kier alpha value is -2.88.